The zero-order valence-corrected chi connectivity index (χ0v) is 9.10. The molecule has 1 aliphatic rings. The maximum Gasteiger partial charge on any atom is 0.101 e. The number of aliphatic imine (C=N–C) groups is 1. The van der Waals surface area contributed by atoms with E-state index in [9.17, 15) is 0 Å². The van der Waals surface area contributed by atoms with Gasteiger partial charge < -0.3 is 5.32 Å². The van der Waals surface area contributed by atoms with Crippen molar-refractivity contribution in [2.24, 2.45) is 4.99 Å². The summed E-state index contributed by atoms with van der Waals surface area (Å²) in [6.07, 6.45) is 4.36. The molecule has 1 aromatic rings. The molecular formula is C11H14N2S. The van der Waals surface area contributed by atoms with E-state index in [0.29, 0.717) is 0 Å². The van der Waals surface area contributed by atoms with Crippen molar-refractivity contribution in [1.82, 2.24) is 0 Å². The monoisotopic (exact) mass is 206 g/mol. The Labute approximate surface area is 88.8 Å². The topological polar surface area (TPSA) is 24.4 Å². The van der Waals surface area contributed by atoms with Crippen LogP contribution in [0.25, 0.3) is 0 Å². The van der Waals surface area contributed by atoms with Crippen molar-refractivity contribution in [2.75, 3.05) is 18.1 Å². The van der Waals surface area contributed by atoms with Crippen molar-refractivity contribution in [3.63, 3.8) is 0 Å². The zero-order valence-electron chi connectivity index (χ0n) is 8.29. The summed E-state index contributed by atoms with van der Waals surface area (Å²) in [5, 5.41) is 3.39. The van der Waals surface area contributed by atoms with E-state index in [1.165, 1.54) is 17.0 Å². The van der Waals surface area contributed by atoms with Crippen LogP contribution in [0.4, 0.5) is 5.69 Å². The number of nitrogens with one attached hydrogen (secondary N) is 1. The highest BCUT2D eigenvalue weighted by molar-refractivity contribution is 7.98. The molecule has 1 N–H and O–H groups in total. The van der Waals surface area contributed by atoms with Gasteiger partial charge in [-0.1, -0.05) is 12.1 Å². The Kier molecular flexibility index (Phi) is 3.09. The number of thioether (sulfide) groups is 1. The highest BCUT2D eigenvalue weighted by Crippen LogP contribution is 2.25. The third-order valence-corrected chi connectivity index (χ3v) is 3.06. The minimum absolute atomic E-state index is 0.976. The molecule has 3 heteroatoms. The fourth-order valence-electron chi connectivity index (χ4n) is 1.54. The van der Waals surface area contributed by atoms with E-state index >= 15 is 0 Å². The summed E-state index contributed by atoms with van der Waals surface area (Å²) in [7, 11) is 0. The largest absolute Gasteiger partial charge is 0.343 e. The summed E-state index contributed by atoms with van der Waals surface area (Å²) in [5.41, 5.74) is 1.18. The van der Waals surface area contributed by atoms with Gasteiger partial charge in [-0.2, -0.15) is 0 Å². The lowest BCUT2D eigenvalue weighted by Crippen LogP contribution is -2.08. The van der Waals surface area contributed by atoms with E-state index in [0.717, 1.165) is 18.8 Å². The van der Waals surface area contributed by atoms with Crippen LogP contribution in [0.1, 0.15) is 12.8 Å². The smallest absolute Gasteiger partial charge is 0.101 e. The van der Waals surface area contributed by atoms with Crippen LogP contribution in [-0.2, 0) is 0 Å². The molecule has 0 aliphatic carbocycles. The average Bonchev–Trinajstić information content (AvgIpc) is 2.71. The lowest BCUT2D eigenvalue weighted by Gasteiger charge is -2.09. The molecule has 74 valence electrons. The van der Waals surface area contributed by atoms with Crippen molar-refractivity contribution in [2.45, 2.75) is 17.7 Å². The second-order valence-electron chi connectivity index (χ2n) is 3.26. The summed E-state index contributed by atoms with van der Waals surface area (Å²) in [6.45, 7) is 0.976. The number of hydrogen-bond donors (Lipinski definition) is 1. The number of nitrogens with zero attached hydrogens (tertiary/aromatic N) is 1. The first kappa shape index (κ1) is 9.59. The first-order valence-corrected chi connectivity index (χ1v) is 6.06. The quantitative estimate of drug-likeness (QED) is 0.752. The van der Waals surface area contributed by atoms with Crippen LogP contribution in [0.3, 0.4) is 0 Å². The summed E-state index contributed by atoms with van der Waals surface area (Å²) in [5.74, 6) is 1.13. The van der Waals surface area contributed by atoms with Crippen LogP contribution < -0.4 is 5.32 Å². The van der Waals surface area contributed by atoms with Gasteiger partial charge in [-0.15, -0.1) is 11.8 Å². The molecule has 0 atom stereocenters. The summed E-state index contributed by atoms with van der Waals surface area (Å²) < 4.78 is 0. The van der Waals surface area contributed by atoms with Gasteiger partial charge in [0.15, 0.2) is 0 Å². The number of hydrogen-bond acceptors (Lipinski definition) is 3. The molecular weight excluding hydrogens is 192 g/mol. The molecule has 0 saturated heterocycles. The molecule has 0 fully saturated rings. The van der Waals surface area contributed by atoms with Gasteiger partial charge in [0.1, 0.15) is 5.84 Å². The molecule has 0 bridgehead atoms. The number of benzene rings is 1. The molecule has 1 aliphatic heterocycles. The Morgan fingerprint density at radius 1 is 1.36 bits per heavy atom. The standard InChI is InChI=1S/C11H14N2S/c1-14-10-6-3-2-5-9(10)13-11-7-4-8-12-11/h2-3,5-6H,4,7-8H2,1H3,(H,12,13). The van der Waals surface area contributed by atoms with E-state index in [1.807, 2.05) is 0 Å². The van der Waals surface area contributed by atoms with Crippen LogP contribution in [0.15, 0.2) is 34.2 Å². The SMILES string of the molecule is CSc1ccccc1NC1=NCCC1. The van der Waals surface area contributed by atoms with Gasteiger partial charge in [0.2, 0.25) is 0 Å². The predicted molar refractivity (Wildman–Crippen MR) is 63.4 cm³/mol. The van der Waals surface area contributed by atoms with E-state index in [2.05, 4.69) is 40.8 Å². The molecule has 0 saturated carbocycles. The van der Waals surface area contributed by atoms with E-state index in [4.69, 9.17) is 0 Å². The maximum atomic E-state index is 4.40. The lowest BCUT2D eigenvalue weighted by molar-refractivity contribution is 0.951. The summed E-state index contributed by atoms with van der Waals surface area (Å²) >= 11 is 1.76. The molecule has 1 heterocycles. The van der Waals surface area contributed by atoms with Crippen LogP contribution in [0.5, 0.6) is 0 Å². The molecule has 0 unspecified atom stereocenters. The zero-order chi connectivity index (χ0) is 9.80. The van der Waals surface area contributed by atoms with E-state index in [-0.39, 0.29) is 0 Å². The second kappa shape index (κ2) is 4.51. The Morgan fingerprint density at radius 3 is 2.93 bits per heavy atom. The van der Waals surface area contributed by atoms with Gasteiger partial charge in [-0.05, 0) is 24.8 Å². The molecule has 0 radical (unpaired) electrons. The van der Waals surface area contributed by atoms with Gasteiger partial charge >= 0.3 is 0 Å². The second-order valence-corrected chi connectivity index (χ2v) is 4.11. The van der Waals surface area contributed by atoms with Crippen molar-refractivity contribution in [3.8, 4) is 0 Å². The first-order chi connectivity index (χ1) is 6.90. The van der Waals surface area contributed by atoms with Crippen LogP contribution in [-0.4, -0.2) is 18.6 Å². The summed E-state index contributed by atoms with van der Waals surface area (Å²) in [6, 6.07) is 8.35. The molecule has 2 nitrogen and oxygen atoms in total. The molecule has 0 amide bonds. The van der Waals surface area contributed by atoms with Gasteiger partial charge in [-0.3, -0.25) is 4.99 Å². The predicted octanol–water partition coefficient (Wildman–Crippen LogP) is 3.01. The normalized spacial score (nSPS) is 15.4. The first-order valence-electron chi connectivity index (χ1n) is 4.83. The number of amidine groups is 1. The Bertz CT molecular complexity index is 347. The highest BCUT2D eigenvalue weighted by Gasteiger charge is 2.07. The number of anilines is 1. The van der Waals surface area contributed by atoms with Gasteiger partial charge in [0.05, 0.1) is 5.69 Å². The summed E-state index contributed by atoms with van der Waals surface area (Å²) in [4.78, 5) is 5.68. The van der Waals surface area contributed by atoms with E-state index < -0.39 is 0 Å². The van der Waals surface area contributed by atoms with Crippen LogP contribution >= 0.6 is 11.8 Å². The third-order valence-electron chi connectivity index (χ3n) is 2.26. The Morgan fingerprint density at radius 2 is 2.21 bits per heavy atom. The molecule has 14 heavy (non-hydrogen) atoms. The fourth-order valence-corrected chi connectivity index (χ4v) is 2.10. The minimum atomic E-state index is 0.976. The fraction of sp³-hybridized carbons (Fsp3) is 0.364. The highest BCUT2D eigenvalue weighted by atomic mass is 32.2. The van der Waals surface area contributed by atoms with Crippen molar-refractivity contribution >= 4 is 23.3 Å². The van der Waals surface area contributed by atoms with Crippen molar-refractivity contribution in [3.05, 3.63) is 24.3 Å². The molecule has 0 aromatic heterocycles. The number of rotatable bonds is 2. The minimum Gasteiger partial charge on any atom is -0.343 e. The Balaban J connectivity index is 2.15. The van der Waals surface area contributed by atoms with Crippen molar-refractivity contribution < 1.29 is 0 Å². The maximum absolute atomic E-state index is 4.40. The number of para-hydroxylation sites is 1. The van der Waals surface area contributed by atoms with E-state index in [1.54, 1.807) is 11.8 Å². The average molecular weight is 206 g/mol. The van der Waals surface area contributed by atoms with Gasteiger partial charge in [0, 0.05) is 17.9 Å². The van der Waals surface area contributed by atoms with Gasteiger partial charge in [-0.25, -0.2) is 0 Å². The Hall–Kier alpha value is -0.960. The van der Waals surface area contributed by atoms with Gasteiger partial charge in [0.25, 0.3) is 0 Å². The van der Waals surface area contributed by atoms with Crippen LogP contribution in [0.2, 0.25) is 0 Å². The molecule has 2 rings (SSSR count). The molecule has 0 spiro atoms. The lowest BCUT2D eigenvalue weighted by atomic mass is 10.3. The van der Waals surface area contributed by atoms with Crippen molar-refractivity contribution in [1.29, 1.82) is 0 Å². The van der Waals surface area contributed by atoms with Crippen LogP contribution in [0, 0.1) is 0 Å². The molecule has 1 aromatic carbocycles. The third kappa shape index (κ3) is 2.10.